The molecule has 0 atom stereocenters. The summed E-state index contributed by atoms with van der Waals surface area (Å²) in [6.45, 7) is 4.63. The quantitative estimate of drug-likeness (QED) is 0.762. The second-order valence-electron chi connectivity index (χ2n) is 6.08. The van der Waals surface area contributed by atoms with Gasteiger partial charge in [-0.3, -0.25) is 0 Å². The van der Waals surface area contributed by atoms with Crippen molar-refractivity contribution >= 4 is 0 Å². The average Bonchev–Trinajstić information content (AvgIpc) is 2.90. The van der Waals surface area contributed by atoms with Crippen LogP contribution in [0.5, 0.6) is 0 Å². The molecule has 16 heavy (non-hydrogen) atoms. The molecule has 0 saturated heterocycles. The molecular formula is C14H21NO. The SMILES string of the molecule is CC(C)CC1CC(c2oncc2C2CC2)C1. The summed E-state index contributed by atoms with van der Waals surface area (Å²) in [5.74, 6) is 4.46. The van der Waals surface area contributed by atoms with Crippen molar-refractivity contribution in [3.05, 3.63) is 17.5 Å². The monoisotopic (exact) mass is 219 g/mol. The summed E-state index contributed by atoms with van der Waals surface area (Å²) in [6, 6.07) is 0. The lowest BCUT2D eigenvalue weighted by Gasteiger charge is -2.35. The van der Waals surface area contributed by atoms with Gasteiger partial charge in [0.2, 0.25) is 0 Å². The molecule has 2 nitrogen and oxygen atoms in total. The summed E-state index contributed by atoms with van der Waals surface area (Å²) in [6.07, 6.45) is 8.68. The van der Waals surface area contributed by atoms with Crippen LogP contribution < -0.4 is 0 Å². The van der Waals surface area contributed by atoms with Crippen LogP contribution in [0.15, 0.2) is 10.7 Å². The van der Waals surface area contributed by atoms with Crippen molar-refractivity contribution in [3.8, 4) is 0 Å². The first kappa shape index (κ1) is 10.4. The highest BCUT2D eigenvalue weighted by Crippen LogP contribution is 2.50. The molecule has 1 aromatic heterocycles. The van der Waals surface area contributed by atoms with E-state index in [9.17, 15) is 0 Å². The van der Waals surface area contributed by atoms with Gasteiger partial charge in [0.05, 0.1) is 6.20 Å². The van der Waals surface area contributed by atoms with E-state index in [0.717, 1.165) is 17.8 Å². The Kier molecular flexibility index (Phi) is 2.53. The molecule has 0 unspecified atom stereocenters. The standard InChI is InChI=1S/C14H21NO/c1-9(2)5-10-6-12(7-10)14-13(8-15-16-14)11-3-4-11/h8-12H,3-7H2,1-2H3. The molecule has 2 aliphatic rings. The van der Waals surface area contributed by atoms with Gasteiger partial charge in [0.1, 0.15) is 5.76 Å². The van der Waals surface area contributed by atoms with Gasteiger partial charge in [0.25, 0.3) is 0 Å². The molecule has 0 N–H and O–H groups in total. The third-order valence-corrected chi connectivity index (χ3v) is 4.06. The van der Waals surface area contributed by atoms with Crippen LogP contribution in [0.3, 0.4) is 0 Å². The zero-order valence-corrected chi connectivity index (χ0v) is 10.3. The Bertz CT molecular complexity index is 359. The lowest BCUT2D eigenvalue weighted by atomic mass is 9.69. The van der Waals surface area contributed by atoms with E-state index in [2.05, 4.69) is 19.0 Å². The minimum absolute atomic E-state index is 0.682. The topological polar surface area (TPSA) is 26.0 Å². The zero-order valence-electron chi connectivity index (χ0n) is 10.3. The lowest BCUT2D eigenvalue weighted by Crippen LogP contribution is -2.23. The van der Waals surface area contributed by atoms with Gasteiger partial charge < -0.3 is 4.52 Å². The maximum atomic E-state index is 5.47. The molecule has 0 radical (unpaired) electrons. The van der Waals surface area contributed by atoms with Gasteiger partial charge in [-0.1, -0.05) is 19.0 Å². The van der Waals surface area contributed by atoms with Crippen molar-refractivity contribution in [2.24, 2.45) is 11.8 Å². The third kappa shape index (κ3) is 1.90. The highest BCUT2D eigenvalue weighted by Gasteiger charge is 2.38. The second-order valence-corrected chi connectivity index (χ2v) is 6.08. The fourth-order valence-electron chi connectivity index (χ4n) is 3.08. The Balaban J connectivity index is 1.61. The molecule has 0 aromatic carbocycles. The second kappa shape index (κ2) is 3.90. The van der Waals surface area contributed by atoms with Gasteiger partial charge in [0, 0.05) is 11.5 Å². The van der Waals surface area contributed by atoms with E-state index in [1.165, 1.54) is 43.4 Å². The van der Waals surface area contributed by atoms with Crippen molar-refractivity contribution in [1.29, 1.82) is 0 Å². The van der Waals surface area contributed by atoms with Crippen LogP contribution in [0, 0.1) is 11.8 Å². The summed E-state index contributed by atoms with van der Waals surface area (Å²) >= 11 is 0. The molecule has 3 rings (SSSR count). The predicted molar refractivity (Wildman–Crippen MR) is 63.4 cm³/mol. The summed E-state index contributed by atoms with van der Waals surface area (Å²) in [5, 5.41) is 4.00. The first-order chi connectivity index (χ1) is 7.74. The van der Waals surface area contributed by atoms with Gasteiger partial charge >= 0.3 is 0 Å². The van der Waals surface area contributed by atoms with E-state index in [1.54, 1.807) is 0 Å². The normalized spacial score (nSPS) is 29.4. The minimum Gasteiger partial charge on any atom is -0.361 e. The molecule has 2 saturated carbocycles. The smallest absolute Gasteiger partial charge is 0.143 e. The summed E-state index contributed by atoms with van der Waals surface area (Å²) in [4.78, 5) is 0. The molecule has 0 bridgehead atoms. The van der Waals surface area contributed by atoms with Crippen LogP contribution in [0.25, 0.3) is 0 Å². The van der Waals surface area contributed by atoms with Crippen molar-refractivity contribution in [2.75, 3.05) is 0 Å². The fourth-order valence-corrected chi connectivity index (χ4v) is 3.08. The molecule has 0 aliphatic heterocycles. The average molecular weight is 219 g/mol. The van der Waals surface area contributed by atoms with Gasteiger partial charge in [-0.25, -0.2) is 0 Å². The van der Waals surface area contributed by atoms with Crippen LogP contribution in [0.4, 0.5) is 0 Å². The van der Waals surface area contributed by atoms with Crippen LogP contribution >= 0.6 is 0 Å². The highest BCUT2D eigenvalue weighted by atomic mass is 16.5. The van der Waals surface area contributed by atoms with E-state index in [-0.39, 0.29) is 0 Å². The molecule has 0 spiro atoms. The molecule has 2 heteroatoms. The highest BCUT2D eigenvalue weighted by molar-refractivity contribution is 5.27. The lowest BCUT2D eigenvalue weighted by molar-refractivity contribution is 0.190. The Labute approximate surface area is 97.4 Å². The number of nitrogens with zero attached hydrogens (tertiary/aromatic N) is 1. The maximum absolute atomic E-state index is 5.47. The summed E-state index contributed by atoms with van der Waals surface area (Å²) in [7, 11) is 0. The summed E-state index contributed by atoms with van der Waals surface area (Å²) < 4.78 is 5.47. The Morgan fingerprint density at radius 2 is 2.06 bits per heavy atom. The van der Waals surface area contributed by atoms with E-state index >= 15 is 0 Å². The first-order valence-electron chi connectivity index (χ1n) is 6.68. The van der Waals surface area contributed by atoms with Crippen LogP contribution in [-0.4, -0.2) is 5.16 Å². The number of hydrogen-bond donors (Lipinski definition) is 0. The van der Waals surface area contributed by atoms with Crippen molar-refractivity contribution in [3.63, 3.8) is 0 Å². The Morgan fingerprint density at radius 3 is 2.69 bits per heavy atom. The number of aromatic nitrogens is 1. The van der Waals surface area contributed by atoms with Gasteiger partial charge in [0.15, 0.2) is 0 Å². The molecule has 1 aromatic rings. The van der Waals surface area contributed by atoms with Crippen LogP contribution in [0.1, 0.15) is 69.1 Å². The Hall–Kier alpha value is -0.790. The first-order valence-corrected chi connectivity index (χ1v) is 6.68. The molecule has 2 fully saturated rings. The van der Waals surface area contributed by atoms with Crippen molar-refractivity contribution < 1.29 is 4.52 Å². The van der Waals surface area contributed by atoms with E-state index in [4.69, 9.17) is 4.52 Å². The predicted octanol–water partition coefficient (Wildman–Crippen LogP) is 4.09. The minimum atomic E-state index is 0.682. The van der Waals surface area contributed by atoms with Crippen LogP contribution in [-0.2, 0) is 0 Å². The maximum Gasteiger partial charge on any atom is 0.143 e. The van der Waals surface area contributed by atoms with Crippen molar-refractivity contribution in [2.45, 2.75) is 57.8 Å². The third-order valence-electron chi connectivity index (χ3n) is 4.06. The molecule has 1 heterocycles. The largest absolute Gasteiger partial charge is 0.361 e. The van der Waals surface area contributed by atoms with Gasteiger partial charge in [-0.2, -0.15) is 0 Å². The molecule has 88 valence electrons. The number of hydrogen-bond acceptors (Lipinski definition) is 2. The number of rotatable bonds is 4. The molecule has 2 aliphatic carbocycles. The van der Waals surface area contributed by atoms with Crippen LogP contribution in [0.2, 0.25) is 0 Å². The Morgan fingerprint density at radius 1 is 1.31 bits per heavy atom. The fraction of sp³-hybridized carbons (Fsp3) is 0.786. The van der Waals surface area contributed by atoms with Crippen molar-refractivity contribution in [1.82, 2.24) is 5.16 Å². The summed E-state index contributed by atoms with van der Waals surface area (Å²) in [5.41, 5.74) is 1.42. The van der Waals surface area contributed by atoms with E-state index in [1.807, 2.05) is 6.20 Å². The zero-order chi connectivity index (χ0) is 11.1. The molecule has 0 amide bonds. The van der Waals surface area contributed by atoms with E-state index < -0.39 is 0 Å². The van der Waals surface area contributed by atoms with Gasteiger partial charge in [-0.05, 0) is 49.9 Å². The molecular weight excluding hydrogens is 198 g/mol. The van der Waals surface area contributed by atoms with Gasteiger partial charge in [-0.15, -0.1) is 0 Å². The van der Waals surface area contributed by atoms with E-state index in [0.29, 0.717) is 5.92 Å².